The van der Waals surface area contributed by atoms with Crippen LogP contribution in [0.2, 0.25) is 0 Å². The van der Waals surface area contributed by atoms with Gasteiger partial charge in [0.15, 0.2) is 0 Å². The molecule has 8 heteroatoms. The maximum atomic E-state index is 12.3. The van der Waals surface area contributed by atoms with Crippen molar-refractivity contribution in [2.45, 2.75) is 26.0 Å². The number of rotatable bonds is 9. The van der Waals surface area contributed by atoms with E-state index in [1.54, 1.807) is 24.3 Å². The second-order valence-corrected chi connectivity index (χ2v) is 6.80. The van der Waals surface area contributed by atoms with Gasteiger partial charge in [-0.2, -0.15) is 4.98 Å². The third kappa shape index (κ3) is 6.13. The number of amides is 1. The number of aliphatic hydroxyl groups excluding tert-OH is 1. The van der Waals surface area contributed by atoms with Gasteiger partial charge in [0.1, 0.15) is 18.5 Å². The number of nitrogens with zero attached hydrogens (tertiary/aromatic N) is 2. The monoisotopic (exact) mass is 396 g/mol. The molecule has 8 nitrogen and oxygen atoms in total. The Morgan fingerprint density at radius 3 is 2.55 bits per heavy atom. The van der Waals surface area contributed by atoms with Crippen LogP contribution >= 0.6 is 0 Å². The summed E-state index contributed by atoms with van der Waals surface area (Å²) in [5.74, 6) is 0.328. The van der Waals surface area contributed by atoms with Crippen LogP contribution in [0.15, 0.2) is 59.1 Å². The second kappa shape index (κ2) is 9.81. The van der Waals surface area contributed by atoms with E-state index in [0.29, 0.717) is 29.8 Å². The van der Waals surface area contributed by atoms with E-state index in [0.717, 1.165) is 5.56 Å². The normalized spacial score (nSPS) is 12.0. The quantitative estimate of drug-likeness (QED) is 0.510. The molecule has 0 spiro atoms. The summed E-state index contributed by atoms with van der Waals surface area (Å²) in [4.78, 5) is 16.4. The average molecular weight is 396 g/mol. The van der Waals surface area contributed by atoms with Crippen LogP contribution in [-0.4, -0.2) is 46.5 Å². The van der Waals surface area contributed by atoms with E-state index in [1.807, 2.05) is 44.2 Å². The molecule has 0 radical (unpaired) electrons. The van der Waals surface area contributed by atoms with Gasteiger partial charge in [0.25, 0.3) is 0 Å². The van der Waals surface area contributed by atoms with Gasteiger partial charge in [0.2, 0.25) is 5.82 Å². The fraction of sp³-hybridized carbons (Fsp3) is 0.286. The van der Waals surface area contributed by atoms with Gasteiger partial charge in [0, 0.05) is 23.8 Å². The van der Waals surface area contributed by atoms with Crippen molar-refractivity contribution in [1.82, 2.24) is 15.5 Å². The van der Waals surface area contributed by atoms with Crippen LogP contribution in [0.4, 0.5) is 5.69 Å². The molecule has 0 unspecified atom stereocenters. The molecule has 0 aliphatic heterocycles. The minimum Gasteiger partial charge on any atom is -0.491 e. The second-order valence-electron chi connectivity index (χ2n) is 6.80. The maximum Gasteiger partial charge on any atom is 0.316 e. The summed E-state index contributed by atoms with van der Waals surface area (Å²) in [7, 11) is 0. The van der Waals surface area contributed by atoms with Gasteiger partial charge in [-0.25, -0.2) is 0 Å². The zero-order valence-electron chi connectivity index (χ0n) is 16.3. The predicted molar refractivity (Wildman–Crippen MR) is 109 cm³/mol. The Morgan fingerprint density at radius 1 is 1.14 bits per heavy atom. The molecule has 0 aliphatic carbocycles. The fourth-order valence-corrected chi connectivity index (χ4v) is 2.46. The smallest absolute Gasteiger partial charge is 0.316 e. The Balaban J connectivity index is 1.52. The molecule has 1 heterocycles. The van der Waals surface area contributed by atoms with Gasteiger partial charge in [-0.3, -0.25) is 4.79 Å². The minimum atomic E-state index is -0.604. The first-order valence-electron chi connectivity index (χ1n) is 9.36. The van der Waals surface area contributed by atoms with Crippen LogP contribution in [-0.2, 0) is 0 Å². The van der Waals surface area contributed by atoms with Crippen molar-refractivity contribution in [1.29, 1.82) is 0 Å². The van der Waals surface area contributed by atoms with Crippen LogP contribution in [0.25, 0.3) is 11.4 Å². The van der Waals surface area contributed by atoms with E-state index in [4.69, 9.17) is 9.26 Å². The molecule has 1 atom stereocenters. The Bertz CT molecular complexity index is 910. The fourth-order valence-electron chi connectivity index (χ4n) is 2.46. The molecule has 3 aromatic rings. The highest BCUT2D eigenvalue weighted by Crippen LogP contribution is 2.18. The molecule has 0 saturated heterocycles. The number of hydrogen-bond donors (Lipinski definition) is 3. The van der Waals surface area contributed by atoms with Crippen molar-refractivity contribution in [2.75, 3.05) is 18.5 Å². The number of nitrogens with one attached hydrogen (secondary N) is 2. The van der Waals surface area contributed by atoms with Gasteiger partial charge in [-0.1, -0.05) is 49.3 Å². The van der Waals surface area contributed by atoms with Gasteiger partial charge in [-0.15, -0.1) is 0 Å². The van der Waals surface area contributed by atoms with Crippen molar-refractivity contribution in [3.05, 3.63) is 60.5 Å². The highest BCUT2D eigenvalue weighted by Gasteiger charge is 2.16. The predicted octanol–water partition coefficient (Wildman–Crippen LogP) is 2.73. The molecule has 152 valence electrons. The Morgan fingerprint density at radius 2 is 1.86 bits per heavy atom. The number of aliphatic hydroxyl groups is 1. The van der Waals surface area contributed by atoms with Crippen molar-refractivity contribution in [2.24, 2.45) is 0 Å². The highest BCUT2D eigenvalue weighted by atomic mass is 16.5. The van der Waals surface area contributed by atoms with Crippen LogP contribution in [0, 0.1) is 0 Å². The van der Waals surface area contributed by atoms with E-state index in [-0.39, 0.29) is 12.5 Å². The summed E-state index contributed by atoms with van der Waals surface area (Å²) in [6, 6.07) is 16.4. The molecule has 29 heavy (non-hydrogen) atoms. The Kier molecular flexibility index (Phi) is 6.94. The van der Waals surface area contributed by atoms with E-state index in [9.17, 15) is 9.90 Å². The third-order valence-corrected chi connectivity index (χ3v) is 3.97. The van der Waals surface area contributed by atoms with Gasteiger partial charge in [-0.05, 0) is 24.3 Å². The topological polar surface area (TPSA) is 110 Å². The van der Waals surface area contributed by atoms with Crippen molar-refractivity contribution < 1.29 is 19.2 Å². The summed E-state index contributed by atoms with van der Waals surface area (Å²) < 4.78 is 10.6. The lowest BCUT2D eigenvalue weighted by Crippen LogP contribution is -2.35. The molecule has 3 rings (SSSR count). The van der Waals surface area contributed by atoms with E-state index < -0.39 is 12.0 Å². The Hall–Kier alpha value is -3.23. The van der Waals surface area contributed by atoms with Crippen molar-refractivity contribution in [3.63, 3.8) is 0 Å². The first-order valence-corrected chi connectivity index (χ1v) is 9.36. The van der Waals surface area contributed by atoms with Gasteiger partial charge >= 0.3 is 11.8 Å². The standard InChI is InChI=1S/C21H24N4O4/c1-14(2)22-12-17(26)13-28-18-10-8-16(9-11-18)23-20(27)21-24-19(25-29-21)15-6-4-3-5-7-15/h3-11,14,17,22,26H,12-13H2,1-2H3,(H,23,27)/t17-/m1/s1. The molecular weight excluding hydrogens is 372 g/mol. The van der Waals surface area contributed by atoms with Gasteiger partial charge < -0.3 is 25.0 Å². The summed E-state index contributed by atoms with van der Waals surface area (Å²) in [6.45, 7) is 4.66. The zero-order chi connectivity index (χ0) is 20.6. The number of hydrogen-bond acceptors (Lipinski definition) is 7. The molecular formula is C21H24N4O4. The summed E-state index contributed by atoms with van der Waals surface area (Å²) >= 11 is 0. The number of carbonyl (C=O) groups excluding carboxylic acids is 1. The van der Waals surface area contributed by atoms with E-state index in [2.05, 4.69) is 20.8 Å². The van der Waals surface area contributed by atoms with Crippen LogP contribution in [0.1, 0.15) is 24.5 Å². The van der Waals surface area contributed by atoms with Gasteiger partial charge in [0.05, 0.1) is 0 Å². The first kappa shape index (κ1) is 20.5. The van der Waals surface area contributed by atoms with Crippen molar-refractivity contribution >= 4 is 11.6 Å². The van der Waals surface area contributed by atoms with E-state index >= 15 is 0 Å². The third-order valence-electron chi connectivity index (χ3n) is 3.97. The van der Waals surface area contributed by atoms with Crippen LogP contribution in [0.5, 0.6) is 5.75 Å². The number of anilines is 1. The zero-order valence-corrected chi connectivity index (χ0v) is 16.3. The Labute approximate surface area is 168 Å². The number of ether oxygens (including phenoxy) is 1. The van der Waals surface area contributed by atoms with Crippen molar-refractivity contribution in [3.8, 4) is 17.1 Å². The molecule has 0 saturated carbocycles. The lowest BCUT2D eigenvalue weighted by atomic mass is 10.2. The van der Waals surface area contributed by atoms with Crippen LogP contribution < -0.4 is 15.4 Å². The van der Waals surface area contributed by atoms with Crippen LogP contribution in [0.3, 0.4) is 0 Å². The molecule has 0 bridgehead atoms. The molecule has 0 aliphatic rings. The molecule has 0 fully saturated rings. The SMILES string of the molecule is CC(C)NC[C@@H](O)COc1ccc(NC(=O)c2nc(-c3ccccc3)no2)cc1. The summed E-state index contributed by atoms with van der Waals surface area (Å²) in [6.07, 6.45) is -0.604. The maximum absolute atomic E-state index is 12.3. The summed E-state index contributed by atoms with van der Waals surface area (Å²) in [5, 5.41) is 19.5. The lowest BCUT2D eigenvalue weighted by Gasteiger charge is -2.15. The average Bonchev–Trinajstić information content (AvgIpc) is 3.23. The highest BCUT2D eigenvalue weighted by molar-refractivity contribution is 6.01. The minimum absolute atomic E-state index is 0.120. The largest absolute Gasteiger partial charge is 0.491 e. The molecule has 3 N–H and O–H groups in total. The summed E-state index contributed by atoms with van der Waals surface area (Å²) in [5.41, 5.74) is 1.33. The number of aromatic nitrogens is 2. The number of carbonyl (C=O) groups is 1. The first-order chi connectivity index (χ1) is 14.0. The molecule has 2 aromatic carbocycles. The van der Waals surface area contributed by atoms with E-state index in [1.165, 1.54) is 0 Å². The number of benzene rings is 2. The molecule has 1 amide bonds. The molecule has 1 aromatic heterocycles. The lowest BCUT2D eigenvalue weighted by molar-refractivity contribution is 0.0981.